The van der Waals surface area contributed by atoms with Gasteiger partial charge in [0.25, 0.3) is 0 Å². The van der Waals surface area contributed by atoms with E-state index in [-0.39, 0.29) is 5.91 Å². The summed E-state index contributed by atoms with van der Waals surface area (Å²) in [6.07, 6.45) is 4.35. The third-order valence-electron chi connectivity index (χ3n) is 2.54. The first-order chi connectivity index (χ1) is 9.59. The van der Waals surface area contributed by atoms with E-state index in [0.717, 1.165) is 18.7 Å². The minimum atomic E-state index is 0.00819. The van der Waals surface area contributed by atoms with Crippen LogP contribution in [0.4, 0.5) is 0 Å². The van der Waals surface area contributed by atoms with Crippen molar-refractivity contribution in [2.45, 2.75) is 6.42 Å². The number of benzene rings is 1. The van der Waals surface area contributed by atoms with Gasteiger partial charge in [-0.3, -0.25) is 4.79 Å². The van der Waals surface area contributed by atoms with E-state index in [9.17, 15) is 4.79 Å². The SMILES string of the molecule is CN(C)C(=O)/C=C/CNCCCOc1ccc(I)cc1. The Bertz CT molecular complexity index is 430. The number of ether oxygens (including phenoxy) is 1. The maximum atomic E-state index is 11.2. The number of likely N-dealkylation sites (N-methyl/N-ethyl adjacent to an activating group) is 1. The van der Waals surface area contributed by atoms with Gasteiger partial charge in [-0.1, -0.05) is 6.08 Å². The van der Waals surface area contributed by atoms with Crippen LogP contribution in [0, 0.1) is 3.57 Å². The van der Waals surface area contributed by atoms with Crippen molar-refractivity contribution >= 4 is 28.5 Å². The smallest absolute Gasteiger partial charge is 0.245 e. The van der Waals surface area contributed by atoms with Crippen LogP contribution in [0.1, 0.15) is 6.42 Å². The van der Waals surface area contributed by atoms with Gasteiger partial charge in [0.05, 0.1) is 6.61 Å². The van der Waals surface area contributed by atoms with Gasteiger partial charge in [0.1, 0.15) is 5.75 Å². The van der Waals surface area contributed by atoms with Crippen molar-refractivity contribution in [2.24, 2.45) is 0 Å². The van der Waals surface area contributed by atoms with Crippen LogP contribution in [0.5, 0.6) is 5.75 Å². The van der Waals surface area contributed by atoms with E-state index in [1.807, 2.05) is 30.3 Å². The molecule has 0 saturated heterocycles. The quantitative estimate of drug-likeness (QED) is 0.422. The molecule has 1 aromatic rings. The highest BCUT2D eigenvalue weighted by Gasteiger charge is 1.96. The highest BCUT2D eigenvalue weighted by molar-refractivity contribution is 14.1. The maximum absolute atomic E-state index is 11.2. The van der Waals surface area contributed by atoms with Gasteiger partial charge in [0, 0.05) is 30.3 Å². The van der Waals surface area contributed by atoms with E-state index < -0.39 is 0 Å². The fourth-order valence-corrected chi connectivity index (χ4v) is 1.77. The van der Waals surface area contributed by atoms with Gasteiger partial charge < -0.3 is 15.0 Å². The Hall–Kier alpha value is -1.08. The van der Waals surface area contributed by atoms with E-state index in [1.165, 1.54) is 3.57 Å². The molecule has 0 aliphatic rings. The Kier molecular flexibility index (Phi) is 8.29. The Morgan fingerprint density at radius 1 is 1.35 bits per heavy atom. The molecular weight excluding hydrogens is 367 g/mol. The highest BCUT2D eigenvalue weighted by atomic mass is 127. The molecule has 110 valence electrons. The number of carbonyl (C=O) groups is 1. The summed E-state index contributed by atoms with van der Waals surface area (Å²) in [5.74, 6) is 0.913. The molecule has 0 heterocycles. The second-order valence-corrected chi connectivity index (χ2v) is 5.74. The lowest BCUT2D eigenvalue weighted by Gasteiger charge is -2.07. The molecule has 0 saturated carbocycles. The van der Waals surface area contributed by atoms with E-state index in [2.05, 4.69) is 27.9 Å². The number of hydrogen-bond acceptors (Lipinski definition) is 3. The largest absolute Gasteiger partial charge is 0.494 e. The molecule has 1 amide bonds. The zero-order valence-electron chi connectivity index (χ0n) is 11.9. The molecule has 0 aliphatic heterocycles. The lowest BCUT2D eigenvalue weighted by Crippen LogP contribution is -2.20. The first kappa shape index (κ1) is 17.0. The summed E-state index contributed by atoms with van der Waals surface area (Å²) >= 11 is 2.27. The average Bonchev–Trinajstić information content (AvgIpc) is 2.43. The summed E-state index contributed by atoms with van der Waals surface area (Å²) in [5, 5.41) is 3.24. The Morgan fingerprint density at radius 2 is 2.05 bits per heavy atom. The topological polar surface area (TPSA) is 41.6 Å². The monoisotopic (exact) mass is 388 g/mol. The minimum Gasteiger partial charge on any atom is -0.494 e. The predicted octanol–water partition coefficient (Wildman–Crippen LogP) is 2.29. The Morgan fingerprint density at radius 3 is 2.70 bits per heavy atom. The van der Waals surface area contributed by atoms with E-state index in [0.29, 0.717) is 13.2 Å². The normalized spacial score (nSPS) is 10.8. The molecule has 20 heavy (non-hydrogen) atoms. The summed E-state index contributed by atoms with van der Waals surface area (Å²) in [6, 6.07) is 8.01. The number of amides is 1. The first-order valence-electron chi connectivity index (χ1n) is 6.56. The molecule has 0 fully saturated rings. The summed E-state index contributed by atoms with van der Waals surface area (Å²) in [4.78, 5) is 12.8. The molecular formula is C15H21IN2O2. The number of nitrogens with zero attached hydrogens (tertiary/aromatic N) is 1. The van der Waals surface area contributed by atoms with Gasteiger partial charge >= 0.3 is 0 Å². The van der Waals surface area contributed by atoms with Crippen molar-refractivity contribution in [3.63, 3.8) is 0 Å². The van der Waals surface area contributed by atoms with E-state index in [4.69, 9.17) is 4.74 Å². The zero-order valence-corrected chi connectivity index (χ0v) is 14.1. The third kappa shape index (κ3) is 7.49. The van der Waals surface area contributed by atoms with Gasteiger partial charge in [-0.15, -0.1) is 0 Å². The summed E-state index contributed by atoms with van der Waals surface area (Å²) in [5.41, 5.74) is 0. The van der Waals surface area contributed by atoms with Gasteiger partial charge in [-0.05, 0) is 59.8 Å². The third-order valence-corrected chi connectivity index (χ3v) is 3.26. The summed E-state index contributed by atoms with van der Waals surface area (Å²) < 4.78 is 6.82. The van der Waals surface area contributed by atoms with Crippen LogP contribution < -0.4 is 10.1 Å². The van der Waals surface area contributed by atoms with Crippen LogP contribution in [0.25, 0.3) is 0 Å². The number of carbonyl (C=O) groups excluding carboxylic acids is 1. The van der Waals surface area contributed by atoms with Crippen LogP contribution in [0.3, 0.4) is 0 Å². The molecule has 0 aromatic heterocycles. The molecule has 0 aliphatic carbocycles. The standard InChI is InChI=1S/C15H21IN2O2/c1-18(2)15(19)5-3-10-17-11-4-12-20-14-8-6-13(16)7-9-14/h3,5-9,17H,4,10-12H2,1-2H3/b5-3+. The summed E-state index contributed by atoms with van der Waals surface area (Å²) in [6.45, 7) is 2.25. The van der Waals surface area contributed by atoms with Crippen molar-refractivity contribution in [1.29, 1.82) is 0 Å². The van der Waals surface area contributed by atoms with Gasteiger partial charge in [0.2, 0.25) is 5.91 Å². The van der Waals surface area contributed by atoms with Crippen LogP contribution in [-0.4, -0.2) is 44.6 Å². The van der Waals surface area contributed by atoms with E-state index in [1.54, 1.807) is 25.1 Å². The van der Waals surface area contributed by atoms with Gasteiger partial charge in [0.15, 0.2) is 0 Å². The molecule has 0 radical (unpaired) electrons. The number of hydrogen-bond donors (Lipinski definition) is 1. The molecule has 0 bridgehead atoms. The van der Waals surface area contributed by atoms with E-state index >= 15 is 0 Å². The minimum absolute atomic E-state index is 0.00819. The molecule has 1 aromatic carbocycles. The van der Waals surface area contributed by atoms with Gasteiger partial charge in [-0.25, -0.2) is 0 Å². The predicted molar refractivity (Wildman–Crippen MR) is 90.0 cm³/mol. The van der Waals surface area contributed by atoms with Crippen LogP contribution in [0.2, 0.25) is 0 Å². The Labute approximate surface area is 134 Å². The van der Waals surface area contributed by atoms with Gasteiger partial charge in [-0.2, -0.15) is 0 Å². The van der Waals surface area contributed by atoms with Crippen molar-refractivity contribution < 1.29 is 9.53 Å². The fourth-order valence-electron chi connectivity index (χ4n) is 1.41. The number of nitrogens with one attached hydrogen (secondary N) is 1. The van der Waals surface area contributed by atoms with Crippen LogP contribution in [0.15, 0.2) is 36.4 Å². The van der Waals surface area contributed by atoms with Crippen molar-refractivity contribution in [1.82, 2.24) is 10.2 Å². The zero-order chi connectivity index (χ0) is 14.8. The maximum Gasteiger partial charge on any atom is 0.245 e. The molecule has 1 N–H and O–H groups in total. The second kappa shape index (κ2) is 9.77. The number of rotatable bonds is 8. The van der Waals surface area contributed by atoms with Crippen LogP contribution >= 0.6 is 22.6 Å². The van der Waals surface area contributed by atoms with Crippen LogP contribution in [-0.2, 0) is 4.79 Å². The van der Waals surface area contributed by atoms with Crippen molar-refractivity contribution in [3.8, 4) is 5.75 Å². The highest BCUT2D eigenvalue weighted by Crippen LogP contribution is 2.13. The van der Waals surface area contributed by atoms with Crippen molar-refractivity contribution in [3.05, 3.63) is 40.0 Å². The molecule has 0 spiro atoms. The second-order valence-electron chi connectivity index (χ2n) is 4.50. The molecule has 1 rings (SSSR count). The first-order valence-corrected chi connectivity index (χ1v) is 7.64. The average molecular weight is 388 g/mol. The Balaban J connectivity index is 2.02. The molecule has 4 nitrogen and oxygen atoms in total. The fraction of sp³-hybridized carbons (Fsp3) is 0.400. The molecule has 5 heteroatoms. The number of halogens is 1. The summed E-state index contributed by atoms with van der Waals surface area (Å²) in [7, 11) is 3.48. The molecule has 0 atom stereocenters. The lowest BCUT2D eigenvalue weighted by molar-refractivity contribution is -0.123. The molecule has 0 unspecified atom stereocenters. The van der Waals surface area contributed by atoms with Crippen molar-refractivity contribution in [2.75, 3.05) is 33.8 Å². The lowest BCUT2D eigenvalue weighted by atomic mass is 10.3.